The van der Waals surface area contributed by atoms with E-state index in [1.807, 2.05) is 33.0 Å². The number of hydrogen-bond acceptors (Lipinski definition) is 2. The zero-order valence-electron chi connectivity index (χ0n) is 15.8. The summed E-state index contributed by atoms with van der Waals surface area (Å²) in [4.78, 5) is 14.4. The lowest BCUT2D eigenvalue weighted by Crippen LogP contribution is -2.47. The van der Waals surface area contributed by atoms with Crippen molar-refractivity contribution in [1.82, 2.24) is 4.90 Å². The Morgan fingerprint density at radius 1 is 1.09 bits per heavy atom. The van der Waals surface area contributed by atoms with Gasteiger partial charge in [-0.1, -0.05) is 39.8 Å². The van der Waals surface area contributed by atoms with Crippen LogP contribution in [0, 0.1) is 11.8 Å². The molecular weight excluding hydrogens is 286 g/mol. The number of hydrogen-bond donors (Lipinski definition) is 0. The Morgan fingerprint density at radius 3 is 2.13 bits per heavy atom. The van der Waals surface area contributed by atoms with Gasteiger partial charge in [0.25, 0.3) is 5.91 Å². The average Bonchev–Trinajstić information content (AvgIpc) is 2.45. The molecule has 0 unspecified atom stereocenters. The highest BCUT2D eigenvalue weighted by atomic mass is 16.5. The van der Waals surface area contributed by atoms with Gasteiger partial charge in [0, 0.05) is 13.6 Å². The van der Waals surface area contributed by atoms with Crippen molar-refractivity contribution in [3.63, 3.8) is 0 Å². The van der Waals surface area contributed by atoms with Crippen molar-refractivity contribution in [3.05, 3.63) is 29.8 Å². The summed E-state index contributed by atoms with van der Waals surface area (Å²) in [7, 11) is 1.85. The normalized spacial score (nSPS) is 11.9. The highest BCUT2D eigenvalue weighted by molar-refractivity contribution is 5.84. The molecule has 130 valence electrons. The lowest BCUT2D eigenvalue weighted by molar-refractivity contribution is -0.144. The Bertz CT molecular complexity index is 489. The second-order valence-corrected chi connectivity index (χ2v) is 7.76. The number of amides is 1. The summed E-state index contributed by atoms with van der Waals surface area (Å²) >= 11 is 0. The Morgan fingerprint density at radius 2 is 1.65 bits per heavy atom. The summed E-state index contributed by atoms with van der Waals surface area (Å²) < 4.78 is 5.96. The lowest BCUT2D eigenvalue weighted by Gasteiger charge is -2.30. The van der Waals surface area contributed by atoms with Crippen molar-refractivity contribution in [2.45, 2.75) is 60.0 Å². The molecule has 0 aromatic heterocycles. The van der Waals surface area contributed by atoms with Crippen molar-refractivity contribution in [1.29, 1.82) is 0 Å². The van der Waals surface area contributed by atoms with Crippen molar-refractivity contribution in [2.75, 3.05) is 13.6 Å². The van der Waals surface area contributed by atoms with Gasteiger partial charge in [-0.05, 0) is 56.2 Å². The predicted octanol–water partition coefficient (Wildman–Crippen LogP) is 4.55. The van der Waals surface area contributed by atoms with Crippen LogP contribution in [0.2, 0.25) is 0 Å². The van der Waals surface area contributed by atoms with Crippen LogP contribution in [0.3, 0.4) is 0 Å². The van der Waals surface area contributed by atoms with Crippen LogP contribution in [0.5, 0.6) is 5.75 Å². The van der Waals surface area contributed by atoms with Gasteiger partial charge in [0.2, 0.25) is 0 Å². The Hall–Kier alpha value is -1.51. The van der Waals surface area contributed by atoms with Gasteiger partial charge in [-0.25, -0.2) is 0 Å². The van der Waals surface area contributed by atoms with E-state index in [4.69, 9.17) is 4.74 Å². The average molecular weight is 319 g/mol. The first-order chi connectivity index (χ1) is 10.6. The van der Waals surface area contributed by atoms with Crippen LogP contribution in [0.15, 0.2) is 24.3 Å². The first kappa shape index (κ1) is 19.5. The maximum Gasteiger partial charge on any atom is 0.265 e. The topological polar surface area (TPSA) is 29.5 Å². The minimum absolute atomic E-state index is 0.0180. The molecule has 0 N–H and O–H groups in total. The van der Waals surface area contributed by atoms with E-state index < -0.39 is 5.60 Å². The molecule has 0 spiro atoms. The highest BCUT2D eigenvalue weighted by Gasteiger charge is 2.32. The summed E-state index contributed by atoms with van der Waals surface area (Å²) in [5, 5.41) is 0. The van der Waals surface area contributed by atoms with Gasteiger partial charge in [-0.3, -0.25) is 4.79 Å². The molecular formula is C20H33NO2. The molecule has 0 aliphatic rings. The minimum Gasteiger partial charge on any atom is -0.478 e. The van der Waals surface area contributed by atoms with Crippen molar-refractivity contribution < 1.29 is 9.53 Å². The fourth-order valence-electron chi connectivity index (χ4n) is 2.52. The van der Waals surface area contributed by atoms with E-state index in [-0.39, 0.29) is 5.91 Å². The molecule has 0 aliphatic carbocycles. The fraction of sp³-hybridized carbons (Fsp3) is 0.650. The number of ether oxygens (including phenoxy) is 1. The molecule has 0 fully saturated rings. The van der Waals surface area contributed by atoms with Gasteiger partial charge >= 0.3 is 0 Å². The van der Waals surface area contributed by atoms with Gasteiger partial charge in [-0.15, -0.1) is 0 Å². The zero-order chi connectivity index (χ0) is 17.6. The van der Waals surface area contributed by atoms with Gasteiger partial charge in [0.1, 0.15) is 5.75 Å². The van der Waals surface area contributed by atoms with Crippen molar-refractivity contribution in [3.8, 4) is 5.75 Å². The fourth-order valence-corrected chi connectivity index (χ4v) is 2.52. The van der Waals surface area contributed by atoms with Crippen LogP contribution >= 0.6 is 0 Å². The molecule has 0 atom stereocenters. The molecule has 1 aromatic carbocycles. The van der Waals surface area contributed by atoms with Crippen LogP contribution in [-0.2, 0) is 11.2 Å². The molecule has 1 rings (SSSR count). The highest BCUT2D eigenvalue weighted by Crippen LogP contribution is 2.22. The molecule has 1 aromatic rings. The molecule has 0 bridgehead atoms. The number of nitrogens with zero attached hydrogens (tertiary/aromatic N) is 1. The quantitative estimate of drug-likeness (QED) is 0.703. The molecule has 0 saturated carbocycles. The summed E-state index contributed by atoms with van der Waals surface area (Å²) in [6.45, 7) is 13.2. The Kier molecular flexibility index (Phi) is 7.11. The predicted molar refractivity (Wildman–Crippen MR) is 96.8 cm³/mol. The number of carbonyl (C=O) groups is 1. The van der Waals surface area contributed by atoms with Crippen molar-refractivity contribution in [2.24, 2.45) is 11.8 Å². The van der Waals surface area contributed by atoms with Gasteiger partial charge in [-0.2, -0.15) is 0 Å². The van der Waals surface area contributed by atoms with Crippen LogP contribution in [0.1, 0.15) is 53.5 Å². The molecule has 0 aliphatic heterocycles. The summed E-state index contributed by atoms with van der Waals surface area (Å²) in [6, 6.07) is 8.08. The van der Waals surface area contributed by atoms with E-state index in [2.05, 4.69) is 39.8 Å². The standard InChI is InChI=1S/C20H33NO2/c1-15(2)12-13-21(7)19(22)20(5,6)23-18-10-8-17(9-11-18)14-16(3)4/h8-11,15-16H,12-14H2,1-7H3. The number of likely N-dealkylation sites (N-methyl/N-ethyl adjacent to an activating group) is 1. The van der Waals surface area contributed by atoms with E-state index >= 15 is 0 Å². The summed E-state index contributed by atoms with van der Waals surface area (Å²) in [5.74, 6) is 1.98. The van der Waals surface area contributed by atoms with Gasteiger partial charge < -0.3 is 9.64 Å². The van der Waals surface area contributed by atoms with Crippen LogP contribution < -0.4 is 4.74 Å². The van der Waals surface area contributed by atoms with Crippen LogP contribution in [0.25, 0.3) is 0 Å². The minimum atomic E-state index is -0.856. The van der Waals surface area contributed by atoms with Gasteiger partial charge in [0.15, 0.2) is 5.60 Å². The lowest BCUT2D eigenvalue weighted by atomic mass is 10.0. The van der Waals surface area contributed by atoms with E-state index in [9.17, 15) is 4.79 Å². The SMILES string of the molecule is CC(C)CCN(C)C(=O)C(C)(C)Oc1ccc(CC(C)C)cc1. The van der Waals surface area contributed by atoms with E-state index in [1.54, 1.807) is 4.90 Å². The third kappa shape index (κ3) is 6.64. The largest absolute Gasteiger partial charge is 0.478 e. The number of rotatable bonds is 8. The monoisotopic (exact) mass is 319 g/mol. The molecule has 3 heteroatoms. The Balaban J connectivity index is 2.67. The van der Waals surface area contributed by atoms with Crippen LogP contribution in [0.4, 0.5) is 0 Å². The smallest absolute Gasteiger partial charge is 0.265 e. The maximum absolute atomic E-state index is 12.6. The second kappa shape index (κ2) is 8.37. The summed E-state index contributed by atoms with van der Waals surface area (Å²) in [5.41, 5.74) is 0.441. The first-order valence-electron chi connectivity index (χ1n) is 8.65. The van der Waals surface area contributed by atoms with Crippen LogP contribution in [-0.4, -0.2) is 30.0 Å². The third-order valence-corrected chi connectivity index (χ3v) is 3.84. The van der Waals surface area contributed by atoms with E-state index in [0.29, 0.717) is 11.8 Å². The van der Waals surface area contributed by atoms with E-state index in [1.165, 1.54) is 5.56 Å². The molecule has 1 amide bonds. The zero-order valence-corrected chi connectivity index (χ0v) is 15.8. The summed E-state index contributed by atoms with van der Waals surface area (Å²) in [6.07, 6.45) is 2.06. The first-order valence-corrected chi connectivity index (χ1v) is 8.65. The van der Waals surface area contributed by atoms with Crippen molar-refractivity contribution >= 4 is 5.91 Å². The van der Waals surface area contributed by atoms with E-state index in [0.717, 1.165) is 25.1 Å². The molecule has 23 heavy (non-hydrogen) atoms. The maximum atomic E-state index is 12.6. The number of carbonyl (C=O) groups excluding carboxylic acids is 1. The Labute approximate surface area is 142 Å². The van der Waals surface area contributed by atoms with Gasteiger partial charge in [0.05, 0.1) is 0 Å². The third-order valence-electron chi connectivity index (χ3n) is 3.84. The molecule has 3 nitrogen and oxygen atoms in total. The number of benzene rings is 1. The second-order valence-electron chi connectivity index (χ2n) is 7.76. The molecule has 0 radical (unpaired) electrons. The molecule has 0 heterocycles. The molecule has 0 saturated heterocycles.